The molecule has 0 bridgehead atoms. The molecular formula is C19H19F2NO3S. The minimum absolute atomic E-state index is 0.0952. The monoisotopic (exact) mass is 379 g/mol. The number of carboxylic acids is 1. The lowest BCUT2D eigenvalue weighted by molar-refractivity contribution is -0.145. The van der Waals surface area contributed by atoms with Crippen molar-refractivity contribution in [3.63, 3.8) is 0 Å². The number of aromatic nitrogens is 1. The molecule has 0 spiro atoms. The Hall–Kier alpha value is -2.15. The van der Waals surface area contributed by atoms with Crippen molar-refractivity contribution < 1.29 is 23.4 Å². The van der Waals surface area contributed by atoms with E-state index in [1.807, 2.05) is 6.07 Å². The fraction of sp³-hybridized carbons (Fsp3) is 0.368. The number of carbonyl (C=O) groups is 1. The molecular weight excluding hydrogens is 360 g/mol. The van der Waals surface area contributed by atoms with Crippen LogP contribution in [0, 0.1) is 11.6 Å². The Morgan fingerprint density at radius 3 is 2.58 bits per heavy atom. The van der Waals surface area contributed by atoms with E-state index < -0.39 is 29.5 Å². The van der Waals surface area contributed by atoms with E-state index in [0.717, 1.165) is 30.0 Å². The van der Waals surface area contributed by atoms with Crippen LogP contribution in [0.4, 0.5) is 8.78 Å². The summed E-state index contributed by atoms with van der Waals surface area (Å²) >= 11 is 1.68. The predicted molar refractivity (Wildman–Crippen MR) is 95.4 cm³/mol. The number of hydrogen-bond donors (Lipinski definition) is 1. The molecule has 1 aromatic carbocycles. The molecule has 1 aromatic heterocycles. The van der Waals surface area contributed by atoms with Crippen LogP contribution in [-0.2, 0) is 4.79 Å². The molecule has 1 fully saturated rings. The van der Waals surface area contributed by atoms with Crippen molar-refractivity contribution in [2.24, 2.45) is 0 Å². The highest BCUT2D eigenvalue weighted by Gasteiger charge is 2.23. The smallest absolute Gasteiger partial charge is 0.344 e. The normalized spacial score (nSPS) is 15.3. The summed E-state index contributed by atoms with van der Waals surface area (Å²) in [4.78, 5) is 15.5. The quantitative estimate of drug-likeness (QED) is 0.740. The summed E-state index contributed by atoms with van der Waals surface area (Å²) in [5.41, 5.74) is 0.746. The maximum Gasteiger partial charge on any atom is 0.344 e. The molecule has 138 valence electrons. The zero-order valence-electron chi connectivity index (χ0n) is 14.2. The summed E-state index contributed by atoms with van der Waals surface area (Å²) in [5, 5.41) is 10.4. The van der Waals surface area contributed by atoms with Gasteiger partial charge in [-0.1, -0.05) is 19.4 Å². The summed E-state index contributed by atoms with van der Waals surface area (Å²) in [6.07, 6.45) is 2.34. The summed E-state index contributed by atoms with van der Waals surface area (Å²) in [7, 11) is 0. The van der Waals surface area contributed by atoms with Gasteiger partial charge >= 0.3 is 5.97 Å². The molecule has 0 saturated heterocycles. The number of aliphatic carboxylic acids is 1. The van der Waals surface area contributed by atoms with Gasteiger partial charge in [-0.15, -0.1) is 11.8 Å². The van der Waals surface area contributed by atoms with Crippen LogP contribution in [0.5, 0.6) is 5.75 Å². The van der Waals surface area contributed by atoms with Crippen LogP contribution in [0.25, 0.3) is 11.3 Å². The van der Waals surface area contributed by atoms with E-state index in [4.69, 9.17) is 9.84 Å². The Morgan fingerprint density at radius 2 is 2.04 bits per heavy atom. The molecule has 1 aliphatic carbocycles. The molecule has 1 unspecified atom stereocenters. The third-order valence-corrected chi connectivity index (χ3v) is 5.54. The van der Waals surface area contributed by atoms with Crippen LogP contribution in [0.3, 0.4) is 0 Å². The molecule has 2 aromatic rings. The number of carboxylic acid groups (broad SMARTS) is 1. The SMILES string of the molecule is CCC(Oc1c(F)cc(-c2cccc(SC3CCC3)n2)cc1F)C(=O)O. The van der Waals surface area contributed by atoms with Crippen LogP contribution in [0.15, 0.2) is 35.4 Å². The Balaban J connectivity index is 1.85. The van der Waals surface area contributed by atoms with Gasteiger partial charge in [-0.2, -0.15) is 0 Å². The van der Waals surface area contributed by atoms with Gasteiger partial charge in [0.25, 0.3) is 0 Å². The minimum Gasteiger partial charge on any atom is -0.479 e. The molecule has 1 atom stereocenters. The molecule has 0 aliphatic heterocycles. The number of pyridine rings is 1. The van der Waals surface area contributed by atoms with E-state index in [1.54, 1.807) is 30.8 Å². The summed E-state index contributed by atoms with van der Waals surface area (Å²) in [6.45, 7) is 1.57. The Kier molecular flexibility index (Phi) is 5.76. The summed E-state index contributed by atoms with van der Waals surface area (Å²) < 4.78 is 33.7. The first-order valence-electron chi connectivity index (χ1n) is 8.50. The average molecular weight is 379 g/mol. The number of nitrogens with zero attached hydrogens (tertiary/aromatic N) is 1. The molecule has 1 heterocycles. The van der Waals surface area contributed by atoms with E-state index in [-0.39, 0.29) is 12.0 Å². The van der Waals surface area contributed by atoms with Crippen LogP contribution in [-0.4, -0.2) is 27.4 Å². The topological polar surface area (TPSA) is 59.4 Å². The molecule has 4 nitrogen and oxygen atoms in total. The number of rotatable bonds is 7. The van der Waals surface area contributed by atoms with Crippen molar-refractivity contribution in [2.45, 2.75) is 49.0 Å². The van der Waals surface area contributed by atoms with Gasteiger partial charge in [0.05, 0.1) is 10.7 Å². The molecule has 0 amide bonds. The average Bonchev–Trinajstić information content (AvgIpc) is 2.57. The first kappa shape index (κ1) is 18.6. The molecule has 3 rings (SSSR count). The lowest BCUT2D eigenvalue weighted by Gasteiger charge is -2.24. The molecule has 1 saturated carbocycles. The van der Waals surface area contributed by atoms with Crippen molar-refractivity contribution >= 4 is 17.7 Å². The first-order valence-corrected chi connectivity index (χ1v) is 9.38. The lowest BCUT2D eigenvalue weighted by atomic mass is 10.0. The standard InChI is InChI=1S/C19H19F2NO3S/c1-2-16(19(23)24)25-18-13(20)9-11(10-14(18)21)15-7-4-8-17(22-15)26-12-5-3-6-12/h4,7-10,12,16H,2-3,5-6H2,1H3,(H,23,24). The first-order chi connectivity index (χ1) is 12.5. The van der Waals surface area contributed by atoms with Crippen LogP contribution in [0.2, 0.25) is 0 Å². The van der Waals surface area contributed by atoms with Gasteiger partial charge in [0.2, 0.25) is 0 Å². The van der Waals surface area contributed by atoms with Gasteiger partial charge in [-0.25, -0.2) is 18.6 Å². The highest BCUT2D eigenvalue weighted by Crippen LogP contribution is 2.36. The van der Waals surface area contributed by atoms with Crippen LogP contribution in [0.1, 0.15) is 32.6 Å². The zero-order valence-corrected chi connectivity index (χ0v) is 15.1. The van der Waals surface area contributed by atoms with Crippen molar-refractivity contribution in [2.75, 3.05) is 0 Å². The summed E-state index contributed by atoms with van der Waals surface area (Å²) in [5.74, 6) is -3.84. The second-order valence-corrected chi connectivity index (χ2v) is 7.47. The van der Waals surface area contributed by atoms with Gasteiger partial charge < -0.3 is 9.84 Å². The van der Waals surface area contributed by atoms with Gasteiger partial charge in [-0.3, -0.25) is 0 Å². The molecule has 0 radical (unpaired) electrons. The largest absolute Gasteiger partial charge is 0.479 e. The minimum atomic E-state index is -1.30. The molecule has 1 aliphatic rings. The van der Waals surface area contributed by atoms with E-state index >= 15 is 0 Å². The van der Waals surface area contributed by atoms with E-state index in [1.165, 1.54) is 6.42 Å². The highest BCUT2D eigenvalue weighted by molar-refractivity contribution is 7.99. The fourth-order valence-electron chi connectivity index (χ4n) is 2.57. The van der Waals surface area contributed by atoms with Gasteiger partial charge in [0.15, 0.2) is 23.5 Å². The lowest BCUT2D eigenvalue weighted by Crippen LogP contribution is -2.26. The van der Waals surface area contributed by atoms with E-state index in [0.29, 0.717) is 10.9 Å². The third-order valence-electron chi connectivity index (χ3n) is 4.26. The Morgan fingerprint density at radius 1 is 1.35 bits per heavy atom. The number of benzene rings is 1. The molecule has 26 heavy (non-hydrogen) atoms. The Bertz CT molecular complexity index is 788. The number of thioether (sulfide) groups is 1. The fourth-order valence-corrected chi connectivity index (χ4v) is 3.79. The van der Waals surface area contributed by atoms with E-state index in [9.17, 15) is 13.6 Å². The summed E-state index contributed by atoms with van der Waals surface area (Å²) in [6, 6.07) is 7.61. The van der Waals surface area contributed by atoms with Crippen molar-refractivity contribution in [3.05, 3.63) is 42.0 Å². The van der Waals surface area contributed by atoms with Crippen LogP contribution >= 0.6 is 11.8 Å². The second-order valence-electron chi connectivity index (χ2n) is 6.15. The maximum atomic E-state index is 14.3. The molecule has 1 N–H and O–H groups in total. The van der Waals surface area contributed by atoms with Crippen molar-refractivity contribution in [3.8, 4) is 17.0 Å². The van der Waals surface area contributed by atoms with Gasteiger partial charge in [0.1, 0.15) is 0 Å². The van der Waals surface area contributed by atoms with Crippen LogP contribution < -0.4 is 4.74 Å². The Labute approximate surface area is 154 Å². The number of ether oxygens (including phenoxy) is 1. The third kappa shape index (κ3) is 4.15. The number of halogens is 2. The van der Waals surface area contributed by atoms with Gasteiger partial charge in [-0.05, 0) is 43.5 Å². The van der Waals surface area contributed by atoms with Crippen molar-refractivity contribution in [1.82, 2.24) is 4.98 Å². The van der Waals surface area contributed by atoms with E-state index in [2.05, 4.69) is 4.98 Å². The second kappa shape index (κ2) is 8.03. The maximum absolute atomic E-state index is 14.3. The predicted octanol–water partition coefficient (Wildman–Crippen LogP) is 4.91. The number of hydrogen-bond acceptors (Lipinski definition) is 4. The highest BCUT2D eigenvalue weighted by atomic mass is 32.2. The van der Waals surface area contributed by atoms with Crippen molar-refractivity contribution in [1.29, 1.82) is 0 Å². The van der Waals surface area contributed by atoms with Gasteiger partial charge in [0, 0.05) is 10.8 Å². The zero-order chi connectivity index (χ0) is 18.7. The molecule has 7 heteroatoms.